The molecule has 0 radical (unpaired) electrons. The molecule has 1 aliphatic carbocycles. The average Bonchev–Trinajstić information content (AvgIpc) is 2.31. The smallest absolute Gasteiger partial charge is 0.181 e. The van der Waals surface area contributed by atoms with Crippen molar-refractivity contribution in [2.75, 3.05) is 0 Å². The zero-order valence-electron chi connectivity index (χ0n) is 6.32. The SMILES string of the molecule is CC1C=CC=c2ocnc2=C1. The summed E-state index contributed by atoms with van der Waals surface area (Å²) in [6.07, 6.45) is 9.60. The van der Waals surface area contributed by atoms with Crippen LogP contribution in [0.2, 0.25) is 0 Å². The summed E-state index contributed by atoms with van der Waals surface area (Å²) < 4.78 is 5.14. The third kappa shape index (κ3) is 1.11. The molecule has 11 heavy (non-hydrogen) atoms. The van der Waals surface area contributed by atoms with Gasteiger partial charge in [0.15, 0.2) is 11.8 Å². The van der Waals surface area contributed by atoms with E-state index in [1.54, 1.807) is 0 Å². The third-order valence-corrected chi connectivity index (χ3v) is 1.71. The van der Waals surface area contributed by atoms with E-state index in [4.69, 9.17) is 4.42 Å². The van der Waals surface area contributed by atoms with Gasteiger partial charge in [0.25, 0.3) is 0 Å². The van der Waals surface area contributed by atoms with Crippen molar-refractivity contribution in [1.82, 2.24) is 4.98 Å². The predicted molar refractivity (Wildman–Crippen MR) is 43.0 cm³/mol. The van der Waals surface area contributed by atoms with Gasteiger partial charge < -0.3 is 4.42 Å². The maximum atomic E-state index is 5.14. The van der Waals surface area contributed by atoms with Gasteiger partial charge in [-0.3, -0.25) is 0 Å². The molecule has 0 aliphatic heterocycles. The molecular formula is C9H9NO. The highest BCUT2D eigenvalue weighted by atomic mass is 16.3. The van der Waals surface area contributed by atoms with E-state index in [1.807, 2.05) is 12.2 Å². The minimum atomic E-state index is 0.442. The van der Waals surface area contributed by atoms with Gasteiger partial charge in [-0.05, 0) is 18.1 Å². The molecule has 2 nitrogen and oxygen atoms in total. The molecule has 0 saturated heterocycles. The van der Waals surface area contributed by atoms with Gasteiger partial charge in [0, 0.05) is 0 Å². The van der Waals surface area contributed by atoms with E-state index in [-0.39, 0.29) is 0 Å². The van der Waals surface area contributed by atoms with Crippen LogP contribution in [0.15, 0.2) is 23.0 Å². The molecule has 0 amide bonds. The zero-order valence-corrected chi connectivity index (χ0v) is 6.32. The van der Waals surface area contributed by atoms with E-state index >= 15 is 0 Å². The second-order valence-corrected chi connectivity index (χ2v) is 2.68. The molecule has 1 aromatic heterocycles. The molecule has 0 N–H and O–H groups in total. The largest absolute Gasteiger partial charge is 0.443 e. The van der Waals surface area contributed by atoms with Crippen LogP contribution in [0.1, 0.15) is 6.92 Å². The number of hydrogen-bond donors (Lipinski definition) is 0. The van der Waals surface area contributed by atoms with Gasteiger partial charge in [0.2, 0.25) is 0 Å². The van der Waals surface area contributed by atoms with E-state index in [1.165, 1.54) is 6.39 Å². The first-order chi connectivity index (χ1) is 5.36. The fourth-order valence-corrected chi connectivity index (χ4v) is 1.14. The summed E-state index contributed by atoms with van der Waals surface area (Å²) in [4.78, 5) is 4.07. The summed E-state index contributed by atoms with van der Waals surface area (Å²) in [6, 6.07) is 0. The quantitative estimate of drug-likeness (QED) is 0.532. The lowest BCUT2D eigenvalue weighted by Crippen LogP contribution is -2.21. The van der Waals surface area contributed by atoms with E-state index in [0.29, 0.717) is 5.92 Å². The predicted octanol–water partition coefficient (Wildman–Crippen LogP) is 0.442. The summed E-state index contributed by atoms with van der Waals surface area (Å²) in [6.45, 7) is 2.12. The number of oxazole rings is 1. The first-order valence-electron chi connectivity index (χ1n) is 3.66. The molecule has 0 fully saturated rings. The summed E-state index contributed by atoms with van der Waals surface area (Å²) in [5.41, 5.74) is 0.852. The monoisotopic (exact) mass is 147 g/mol. The number of allylic oxidation sites excluding steroid dienone is 2. The Balaban J connectivity index is 2.74. The van der Waals surface area contributed by atoms with Gasteiger partial charge in [-0.25, -0.2) is 4.98 Å². The molecule has 0 bridgehead atoms. The fourth-order valence-electron chi connectivity index (χ4n) is 1.14. The molecule has 1 heterocycles. The summed E-state index contributed by atoms with van der Waals surface area (Å²) in [7, 11) is 0. The Labute approximate surface area is 64.6 Å². The minimum absolute atomic E-state index is 0.442. The lowest BCUT2D eigenvalue weighted by Gasteiger charge is -1.90. The second-order valence-electron chi connectivity index (χ2n) is 2.68. The molecule has 2 heteroatoms. The van der Waals surface area contributed by atoms with Crippen LogP contribution in [0.5, 0.6) is 0 Å². The van der Waals surface area contributed by atoms with Crippen LogP contribution >= 0.6 is 0 Å². The van der Waals surface area contributed by atoms with Gasteiger partial charge in [-0.15, -0.1) is 0 Å². The van der Waals surface area contributed by atoms with Gasteiger partial charge in [-0.2, -0.15) is 0 Å². The van der Waals surface area contributed by atoms with E-state index in [0.717, 1.165) is 10.8 Å². The van der Waals surface area contributed by atoms with Crippen LogP contribution in [-0.2, 0) is 0 Å². The fraction of sp³-hybridized carbons (Fsp3) is 0.222. The molecule has 0 saturated carbocycles. The third-order valence-electron chi connectivity index (χ3n) is 1.71. The van der Waals surface area contributed by atoms with Crippen LogP contribution < -0.4 is 10.8 Å². The Morgan fingerprint density at radius 1 is 1.55 bits per heavy atom. The van der Waals surface area contributed by atoms with E-state index in [9.17, 15) is 0 Å². The molecule has 0 spiro atoms. The summed E-state index contributed by atoms with van der Waals surface area (Å²) in [5.74, 6) is 0.442. The van der Waals surface area contributed by atoms with Crippen molar-refractivity contribution < 1.29 is 4.42 Å². The number of hydrogen-bond acceptors (Lipinski definition) is 2. The van der Waals surface area contributed by atoms with Crippen molar-refractivity contribution in [3.63, 3.8) is 0 Å². The van der Waals surface area contributed by atoms with E-state index < -0.39 is 0 Å². The molecule has 0 aromatic carbocycles. The highest BCUT2D eigenvalue weighted by Gasteiger charge is 1.96. The maximum absolute atomic E-state index is 5.14. The van der Waals surface area contributed by atoms with Crippen molar-refractivity contribution in [2.24, 2.45) is 5.92 Å². The van der Waals surface area contributed by atoms with E-state index in [2.05, 4.69) is 24.1 Å². The Morgan fingerprint density at radius 3 is 3.36 bits per heavy atom. The molecular weight excluding hydrogens is 138 g/mol. The van der Waals surface area contributed by atoms with Crippen LogP contribution in [0, 0.1) is 5.92 Å². The van der Waals surface area contributed by atoms with Gasteiger partial charge in [0.05, 0.1) is 0 Å². The zero-order chi connectivity index (χ0) is 7.68. The molecule has 1 aromatic rings. The highest BCUT2D eigenvalue weighted by Crippen LogP contribution is 1.99. The van der Waals surface area contributed by atoms with Gasteiger partial charge in [-0.1, -0.05) is 19.1 Å². The molecule has 56 valence electrons. The number of aromatic nitrogens is 1. The standard InChI is InChI=1S/C9H9NO/c1-7-3-2-4-9-8(5-7)10-6-11-9/h2-7H,1H3. The van der Waals surface area contributed by atoms with Crippen LogP contribution in [0.25, 0.3) is 12.2 Å². The summed E-state index contributed by atoms with van der Waals surface area (Å²) >= 11 is 0. The molecule has 1 aliphatic rings. The van der Waals surface area contributed by atoms with Crippen LogP contribution in [0.3, 0.4) is 0 Å². The first-order valence-corrected chi connectivity index (χ1v) is 3.66. The number of fused-ring (bicyclic) bond motifs is 1. The molecule has 1 unspecified atom stereocenters. The molecule has 2 rings (SSSR count). The number of rotatable bonds is 0. The van der Waals surface area contributed by atoms with Crippen molar-refractivity contribution in [3.05, 3.63) is 29.3 Å². The van der Waals surface area contributed by atoms with Crippen molar-refractivity contribution in [3.8, 4) is 0 Å². The lowest BCUT2D eigenvalue weighted by molar-refractivity contribution is 0.525. The lowest BCUT2D eigenvalue weighted by atomic mass is 10.2. The Kier molecular flexibility index (Phi) is 1.39. The summed E-state index contributed by atoms with van der Waals surface area (Å²) in [5, 5.41) is 0.947. The molecule has 1 atom stereocenters. The Bertz CT molecular complexity index is 386. The van der Waals surface area contributed by atoms with Crippen molar-refractivity contribution in [2.45, 2.75) is 6.92 Å². The normalized spacial score (nSPS) is 21.4. The van der Waals surface area contributed by atoms with Gasteiger partial charge in [0.1, 0.15) is 5.35 Å². The Hall–Kier alpha value is -1.31. The highest BCUT2D eigenvalue weighted by molar-refractivity contribution is 5.41. The Morgan fingerprint density at radius 2 is 2.45 bits per heavy atom. The second kappa shape index (κ2) is 2.38. The minimum Gasteiger partial charge on any atom is -0.443 e. The number of nitrogens with zero attached hydrogens (tertiary/aromatic N) is 1. The average molecular weight is 147 g/mol. The maximum Gasteiger partial charge on any atom is 0.181 e. The van der Waals surface area contributed by atoms with Crippen molar-refractivity contribution in [1.29, 1.82) is 0 Å². The first kappa shape index (κ1) is 6.40. The topological polar surface area (TPSA) is 26.0 Å². The van der Waals surface area contributed by atoms with Gasteiger partial charge >= 0.3 is 0 Å². The van der Waals surface area contributed by atoms with Crippen molar-refractivity contribution >= 4 is 12.2 Å². The van der Waals surface area contributed by atoms with Crippen LogP contribution in [0.4, 0.5) is 0 Å². The van der Waals surface area contributed by atoms with Crippen LogP contribution in [-0.4, -0.2) is 4.98 Å².